The molecule has 0 amide bonds. The summed E-state index contributed by atoms with van der Waals surface area (Å²) in [6.07, 6.45) is 4.27. The summed E-state index contributed by atoms with van der Waals surface area (Å²) >= 11 is 0. The minimum absolute atomic E-state index is 0.644. The SMILES string of the molecule is C=Cc1c(C=O)ccc(N(C)C)c1C=C. The van der Waals surface area contributed by atoms with Crippen LogP contribution in [0.3, 0.4) is 0 Å². The van der Waals surface area contributed by atoms with E-state index in [9.17, 15) is 4.79 Å². The molecule has 0 aliphatic rings. The van der Waals surface area contributed by atoms with Crippen molar-refractivity contribution < 1.29 is 4.79 Å². The van der Waals surface area contributed by atoms with Gasteiger partial charge in [0.2, 0.25) is 0 Å². The fourth-order valence-electron chi connectivity index (χ4n) is 1.58. The topological polar surface area (TPSA) is 20.3 Å². The number of rotatable bonds is 4. The van der Waals surface area contributed by atoms with Crippen molar-refractivity contribution in [3.8, 4) is 0 Å². The summed E-state index contributed by atoms with van der Waals surface area (Å²) < 4.78 is 0. The minimum Gasteiger partial charge on any atom is -0.377 e. The number of carbonyl (C=O) groups excluding carboxylic acids is 1. The number of anilines is 1. The van der Waals surface area contributed by atoms with Gasteiger partial charge in [0.1, 0.15) is 0 Å². The number of hydrogen-bond donors (Lipinski definition) is 0. The van der Waals surface area contributed by atoms with E-state index in [1.807, 2.05) is 25.1 Å². The Bertz CT molecular complexity index is 405. The Hall–Kier alpha value is -1.83. The molecule has 78 valence electrons. The lowest BCUT2D eigenvalue weighted by Gasteiger charge is -2.18. The average Bonchev–Trinajstić information content (AvgIpc) is 2.26. The first-order valence-electron chi connectivity index (χ1n) is 4.70. The lowest BCUT2D eigenvalue weighted by atomic mass is 9.99. The largest absolute Gasteiger partial charge is 0.377 e. The summed E-state index contributed by atoms with van der Waals surface area (Å²) in [4.78, 5) is 12.8. The van der Waals surface area contributed by atoms with Crippen LogP contribution in [-0.2, 0) is 0 Å². The second-order valence-electron chi connectivity index (χ2n) is 3.42. The van der Waals surface area contributed by atoms with Crippen molar-refractivity contribution in [2.45, 2.75) is 0 Å². The first-order valence-corrected chi connectivity index (χ1v) is 4.70. The average molecular weight is 201 g/mol. The molecule has 0 N–H and O–H groups in total. The van der Waals surface area contributed by atoms with Gasteiger partial charge < -0.3 is 4.90 Å². The molecule has 0 aliphatic carbocycles. The van der Waals surface area contributed by atoms with E-state index >= 15 is 0 Å². The van der Waals surface area contributed by atoms with E-state index in [2.05, 4.69) is 13.2 Å². The maximum absolute atomic E-state index is 10.8. The van der Waals surface area contributed by atoms with Crippen molar-refractivity contribution in [3.63, 3.8) is 0 Å². The lowest BCUT2D eigenvalue weighted by Crippen LogP contribution is -2.11. The Morgan fingerprint density at radius 3 is 2.13 bits per heavy atom. The Labute approximate surface area is 90.5 Å². The number of nitrogens with zero attached hydrogens (tertiary/aromatic N) is 1. The molecule has 0 saturated carbocycles. The van der Waals surface area contributed by atoms with E-state index in [-0.39, 0.29) is 0 Å². The first-order chi connectivity index (χ1) is 7.15. The van der Waals surface area contributed by atoms with E-state index in [1.54, 1.807) is 18.2 Å². The highest BCUT2D eigenvalue weighted by Crippen LogP contribution is 2.26. The summed E-state index contributed by atoms with van der Waals surface area (Å²) in [5, 5.41) is 0. The third kappa shape index (κ3) is 1.99. The van der Waals surface area contributed by atoms with Crippen LogP contribution in [0.15, 0.2) is 25.3 Å². The van der Waals surface area contributed by atoms with Crippen LogP contribution in [0.25, 0.3) is 12.2 Å². The van der Waals surface area contributed by atoms with E-state index in [1.165, 1.54) is 0 Å². The molecule has 15 heavy (non-hydrogen) atoms. The fraction of sp³-hybridized carbons (Fsp3) is 0.154. The van der Waals surface area contributed by atoms with Crippen LogP contribution >= 0.6 is 0 Å². The van der Waals surface area contributed by atoms with Crippen LogP contribution in [0.4, 0.5) is 5.69 Å². The van der Waals surface area contributed by atoms with Crippen LogP contribution in [0.1, 0.15) is 21.5 Å². The third-order valence-corrected chi connectivity index (χ3v) is 2.31. The van der Waals surface area contributed by atoms with Crippen molar-refractivity contribution in [2.24, 2.45) is 0 Å². The van der Waals surface area contributed by atoms with Crippen molar-refractivity contribution in [3.05, 3.63) is 42.0 Å². The summed E-state index contributed by atoms with van der Waals surface area (Å²) in [5.41, 5.74) is 3.46. The Kier molecular flexibility index (Phi) is 3.45. The molecule has 0 heterocycles. The van der Waals surface area contributed by atoms with Crippen LogP contribution in [0, 0.1) is 0 Å². The van der Waals surface area contributed by atoms with Gasteiger partial charge in [-0.3, -0.25) is 4.79 Å². The number of carbonyl (C=O) groups is 1. The van der Waals surface area contributed by atoms with Gasteiger partial charge >= 0.3 is 0 Å². The molecule has 0 fully saturated rings. The highest BCUT2D eigenvalue weighted by molar-refractivity contribution is 5.88. The van der Waals surface area contributed by atoms with Gasteiger partial charge in [0.05, 0.1) is 0 Å². The maximum Gasteiger partial charge on any atom is 0.150 e. The second kappa shape index (κ2) is 4.60. The van der Waals surface area contributed by atoms with Crippen molar-refractivity contribution in [2.75, 3.05) is 19.0 Å². The quantitative estimate of drug-likeness (QED) is 0.698. The lowest BCUT2D eigenvalue weighted by molar-refractivity contribution is 0.112. The molecule has 1 aromatic rings. The van der Waals surface area contributed by atoms with Crippen molar-refractivity contribution >= 4 is 24.1 Å². The van der Waals surface area contributed by atoms with Gasteiger partial charge in [-0.15, -0.1) is 0 Å². The van der Waals surface area contributed by atoms with Gasteiger partial charge in [-0.2, -0.15) is 0 Å². The van der Waals surface area contributed by atoms with Crippen LogP contribution < -0.4 is 4.90 Å². The Morgan fingerprint density at radius 1 is 1.13 bits per heavy atom. The van der Waals surface area contributed by atoms with E-state index in [0.717, 1.165) is 23.1 Å². The standard InChI is InChI=1S/C13H15NO/c1-5-11-10(9-15)7-8-13(14(3)4)12(11)6-2/h5-9H,1-2H2,3-4H3. The van der Waals surface area contributed by atoms with Crippen LogP contribution in [0.2, 0.25) is 0 Å². The second-order valence-corrected chi connectivity index (χ2v) is 3.42. The molecular weight excluding hydrogens is 186 g/mol. The molecule has 0 atom stereocenters. The number of aldehydes is 1. The molecule has 0 bridgehead atoms. The summed E-state index contributed by atoms with van der Waals surface area (Å²) in [6.45, 7) is 7.49. The van der Waals surface area contributed by atoms with Gasteiger partial charge in [0, 0.05) is 30.9 Å². The molecule has 0 unspecified atom stereocenters. The number of hydrogen-bond acceptors (Lipinski definition) is 2. The van der Waals surface area contributed by atoms with E-state index in [0.29, 0.717) is 5.56 Å². The normalized spacial score (nSPS) is 9.47. The zero-order chi connectivity index (χ0) is 11.4. The molecule has 0 radical (unpaired) electrons. The van der Waals surface area contributed by atoms with Gasteiger partial charge in [-0.05, 0) is 17.7 Å². The predicted octanol–water partition coefficient (Wildman–Crippen LogP) is 2.85. The van der Waals surface area contributed by atoms with Gasteiger partial charge in [0.15, 0.2) is 6.29 Å². The zero-order valence-corrected chi connectivity index (χ0v) is 9.16. The Balaban J connectivity index is 3.54. The third-order valence-electron chi connectivity index (χ3n) is 2.31. The molecule has 1 rings (SSSR count). The van der Waals surface area contributed by atoms with Gasteiger partial charge in [-0.25, -0.2) is 0 Å². The fourth-order valence-corrected chi connectivity index (χ4v) is 1.58. The van der Waals surface area contributed by atoms with Crippen LogP contribution in [0.5, 0.6) is 0 Å². The van der Waals surface area contributed by atoms with E-state index in [4.69, 9.17) is 0 Å². The molecule has 0 saturated heterocycles. The molecule has 2 heteroatoms. The number of benzene rings is 1. The highest BCUT2D eigenvalue weighted by Gasteiger charge is 2.09. The molecule has 0 spiro atoms. The monoisotopic (exact) mass is 201 g/mol. The predicted molar refractivity (Wildman–Crippen MR) is 66.3 cm³/mol. The molecule has 0 aromatic heterocycles. The minimum atomic E-state index is 0.644. The Morgan fingerprint density at radius 2 is 1.73 bits per heavy atom. The molecule has 0 aliphatic heterocycles. The van der Waals surface area contributed by atoms with Gasteiger partial charge in [-0.1, -0.05) is 25.3 Å². The summed E-state index contributed by atoms with van der Waals surface area (Å²) in [6, 6.07) is 3.71. The van der Waals surface area contributed by atoms with Crippen molar-refractivity contribution in [1.29, 1.82) is 0 Å². The molecular formula is C13H15NO. The first kappa shape index (κ1) is 11.2. The zero-order valence-electron chi connectivity index (χ0n) is 9.16. The van der Waals surface area contributed by atoms with Crippen LogP contribution in [-0.4, -0.2) is 20.4 Å². The maximum atomic E-state index is 10.8. The van der Waals surface area contributed by atoms with E-state index < -0.39 is 0 Å². The summed E-state index contributed by atoms with van der Waals surface area (Å²) in [5.74, 6) is 0. The highest BCUT2D eigenvalue weighted by atomic mass is 16.1. The smallest absolute Gasteiger partial charge is 0.150 e. The van der Waals surface area contributed by atoms with Gasteiger partial charge in [0.25, 0.3) is 0 Å². The summed E-state index contributed by atoms with van der Waals surface area (Å²) in [7, 11) is 3.91. The van der Waals surface area contributed by atoms with Crippen molar-refractivity contribution in [1.82, 2.24) is 0 Å². The molecule has 2 nitrogen and oxygen atoms in total. The molecule has 1 aromatic carbocycles.